The number of phenolic OH excluding ortho intramolecular Hbond substituents is 2. The fourth-order valence-corrected chi connectivity index (χ4v) is 6.90. The normalized spacial score (nSPS) is 26.2. The maximum Gasteiger partial charge on any atom is 0.224 e. The molecule has 0 spiro atoms. The summed E-state index contributed by atoms with van der Waals surface area (Å²) >= 11 is 0. The third kappa shape index (κ3) is 5.63. The third-order valence-corrected chi connectivity index (χ3v) is 9.31. The number of nitrogens with one attached hydrogen (secondary N) is 1. The van der Waals surface area contributed by atoms with Crippen LogP contribution in [0.1, 0.15) is 74.4 Å². The van der Waals surface area contributed by atoms with Gasteiger partial charge in [-0.3, -0.25) is 19.2 Å². The van der Waals surface area contributed by atoms with Crippen molar-refractivity contribution in [2.24, 2.45) is 0 Å². The highest BCUT2D eigenvalue weighted by atomic mass is 16.7. The summed E-state index contributed by atoms with van der Waals surface area (Å²) < 4.78 is 17.4. The van der Waals surface area contributed by atoms with Crippen molar-refractivity contribution in [1.29, 1.82) is 0 Å². The Kier molecular flexibility index (Phi) is 8.83. The maximum absolute atomic E-state index is 13.9. The number of ketones is 3. The number of Topliss-reactive ketones (excluding diaryl/α,β-unsaturated/α-hetero) is 1. The molecule has 0 aromatic heterocycles. The van der Waals surface area contributed by atoms with Gasteiger partial charge in [-0.1, -0.05) is 42.5 Å². The number of carbonyl (C=O) groups excluding carboxylic acids is 4. The van der Waals surface area contributed by atoms with Crippen LogP contribution in [0.15, 0.2) is 48.5 Å². The van der Waals surface area contributed by atoms with E-state index in [1.807, 2.05) is 6.07 Å². The molecule has 13 nitrogen and oxygen atoms in total. The number of hydrogen-bond acceptors (Lipinski definition) is 12. The predicted octanol–water partition coefficient (Wildman–Crippen LogP) is 1.40. The van der Waals surface area contributed by atoms with E-state index in [1.54, 1.807) is 31.2 Å². The molecule has 252 valence electrons. The summed E-state index contributed by atoms with van der Waals surface area (Å²) in [6.07, 6.45) is -5.79. The topological polar surface area (TPSA) is 209 Å². The highest BCUT2D eigenvalue weighted by Crippen LogP contribution is 2.52. The molecule has 6 N–H and O–H groups in total. The van der Waals surface area contributed by atoms with Gasteiger partial charge in [0, 0.05) is 36.0 Å². The average molecular weight is 662 g/mol. The number of ether oxygens (including phenoxy) is 3. The average Bonchev–Trinajstić information content (AvgIpc) is 3.06. The Labute approximate surface area is 274 Å². The molecule has 1 fully saturated rings. The Morgan fingerprint density at radius 2 is 1.71 bits per heavy atom. The summed E-state index contributed by atoms with van der Waals surface area (Å²) in [4.78, 5) is 53.2. The van der Waals surface area contributed by atoms with Gasteiger partial charge >= 0.3 is 0 Å². The summed E-state index contributed by atoms with van der Waals surface area (Å²) in [5, 5.41) is 58.0. The lowest BCUT2D eigenvalue weighted by Crippen LogP contribution is -2.56. The van der Waals surface area contributed by atoms with E-state index in [0.717, 1.165) is 5.56 Å². The molecule has 1 heterocycles. The number of amides is 1. The molecule has 3 aromatic rings. The number of benzene rings is 3. The molecule has 4 unspecified atom stereocenters. The smallest absolute Gasteiger partial charge is 0.224 e. The number of aliphatic hydroxyl groups excluding tert-OH is 2. The maximum atomic E-state index is 13.9. The Balaban J connectivity index is 1.38. The van der Waals surface area contributed by atoms with E-state index in [0.29, 0.717) is 0 Å². The molecule has 0 bridgehead atoms. The van der Waals surface area contributed by atoms with Crippen LogP contribution in [0.25, 0.3) is 0 Å². The van der Waals surface area contributed by atoms with Crippen molar-refractivity contribution in [2.75, 3.05) is 13.7 Å². The second-order valence-corrected chi connectivity index (χ2v) is 12.3. The summed E-state index contributed by atoms with van der Waals surface area (Å²) in [7, 11) is 1.31. The van der Waals surface area contributed by atoms with Gasteiger partial charge in [-0.25, -0.2) is 0 Å². The van der Waals surface area contributed by atoms with Crippen LogP contribution in [0.5, 0.6) is 17.2 Å². The van der Waals surface area contributed by atoms with E-state index in [9.17, 15) is 44.7 Å². The number of phenols is 2. The fourth-order valence-electron chi connectivity index (χ4n) is 6.90. The molecule has 3 aliphatic rings. The van der Waals surface area contributed by atoms with Gasteiger partial charge in [0.2, 0.25) is 11.7 Å². The van der Waals surface area contributed by atoms with Crippen LogP contribution in [0.3, 0.4) is 0 Å². The first-order valence-electron chi connectivity index (χ1n) is 15.4. The molecular weight excluding hydrogens is 626 g/mol. The van der Waals surface area contributed by atoms with Crippen molar-refractivity contribution in [3.8, 4) is 17.2 Å². The highest BCUT2D eigenvalue weighted by Gasteiger charge is 2.50. The highest BCUT2D eigenvalue weighted by molar-refractivity contribution is 6.31. The zero-order chi connectivity index (χ0) is 34.5. The van der Waals surface area contributed by atoms with Gasteiger partial charge in [-0.05, 0) is 18.6 Å². The largest absolute Gasteiger partial charge is 0.507 e. The lowest BCUT2D eigenvalue weighted by atomic mass is 9.72. The van der Waals surface area contributed by atoms with Crippen molar-refractivity contribution in [3.05, 3.63) is 87.5 Å². The van der Waals surface area contributed by atoms with Gasteiger partial charge in [0.15, 0.2) is 17.9 Å². The van der Waals surface area contributed by atoms with Crippen LogP contribution in [0, 0.1) is 0 Å². The second kappa shape index (κ2) is 12.7. The molecule has 0 saturated carbocycles. The lowest BCUT2D eigenvalue weighted by Gasteiger charge is -2.43. The summed E-state index contributed by atoms with van der Waals surface area (Å²) in [6.45, 7) is 0.505. The monoisotopic (exact) mass is 661 g/mol. The Hall–Kier alpha value is -4.66. The summed E-state index contributed by atoms with van der Waals surface area (Å²) in [6, 6.07) is 12.5. The van der Waals surface area contributed by atoms with Crippen molar-refractivity contribution in [3.63, 3.8) is 0 Å². The molecule has 3 aromatic carbocycles. The first kappa shape index (κ1) is 33.2. The lowest BCUT2D eigenvalue weighted by molar-refractivity contribution is -0.249. The van der Waals surface area contributed by atoms with E-state index < -0.39 is 95.7 Å². The minimum absolute atomic E-state index is 0.0516. The number of carbonyl (C=O) groups is 4. The first-order valence-corrected chi connectivity index (χ1v) is 15.4. The van der Waals surface area contributed by atoms with E-state index >= 15 is 0 Å². The quantitative estimate of drug-likeness (QED) is 0.148. The van der Waals surface area contributed by atoms with Crippen LogP contribution < -0.4 is 10.1 Å². The molecule has 1 aliphatic heterocycles. The Morgan fingerprint density at radius 1 is 1.00 bits per heavy atom. The van der Waals surface area contributed by atoms with E-state index in [-0.39, 0.29) is 46.8 Å². The van der Waals surface area contributed by atoms with Crippen molar-refractivity contribution in [2.45, 2.75) is 68.9 Å². The number of aliphatic hydroxyl groups is 3. The van der Waals surface area contributed by atoms with Crippen LogP contribution in [0.2, 0.25) is 0 Å². The predicted molar refractivity (Wildman–Crippen MR) is 166 cm³/mol. The van der Waals surface area contributed by atoms with Gasteiger partial charge in [-0.2, -0.15) is 0 Å². The number of rotatable bonds is 8. The van der Waals surface area contributed by atoms with E-state index in [4.69, 9.17) is 14.2 Å². The third-order valence-electron chi connectivity index (χ3n) is 9.31. The Morgan fingerprint density at radius 3 is 2.40 bits per heavy atom. The molecule has 1 amide bonds. The second-order valence-electron chi connectivity index (χ2n) is 12.3. The molecule has 13 heteroatoms. The summed E-state index contributed by atoms with van der Waals surface area (Å²) in [5.74, 6) is -4.32. The minimum atomic E-state index is -2.31. The SMILES string of the molecule is COc1cccc2c1C(=O)c1c(O)c3c(c(O)c1C2=O)C[C@@](O)(C(=O)CO)C[C@@H]3OC1CC(NC(=O)Cc2ccccc2)C(O)C(C)O1. The molecule has 6 rings (SSSR count). The molecule has 0 radical (unpaired) electrons. The van der Waals surface area contributed by atoms with Crippen LogP contribution in [0.4, 0.5) is 0 Å². The minimum Gasteiger partial charge on any atom is -0.507 e. The van der Waals surface area contributed by atoms with Crippen LogP contribution >= 0.6 is 0 Å². The first-order chi connectivity index (χ1) is 22.9. The molecule has 48 heavy (non-hydrogen) atoms. The standard InChI is InChI=1S/C35H35NO12/c1-16-30(40)20(36-24(39)11-17-7-4-3-5-8-17)12-25(47-16)48-22-14-35(45,23(38)15-37)13-19-27(22)34(44)29-28(32(19)42)31(41)18-9-6-10-21(46-2)26(18)33(29)43/h3-10,16,20,22,25,30,37,40,42,44-45H,11-15H2,1-2H3,(H,36,39)/t16?,20?,22-,25?,30?,35-/m0/s1. The molecule has 2 aliphatic carbocycles. The number of aromatic hydroxyl groups is 2. The number of fused-ring (bicyclic) bond motifs is 3. The fraction of sp³-hybridized carbons (Fsp3) is 0.371. The number of methoxy groups -OCH3 is 1. The zero-order valence-corrected chi connectivity index (χ0v) is 26.1. The molecular formula is C35H35NO12. The summed E-state index contributed by atoms with van der Waals surface area (Å²) in [5.41, 5.74) is -3.13. The van der Waals surface area contributed by atoms with Crippen LogP contribution in [-0.2, 0) is 31.9 Å². The van der Waals surface area contributed by atoms with Gasteiger partial charge in [-0.15, -0.1) is 0 Å². The van der Waals surface area contributed by atoms with Crippen molar-refractivity contribution in [1.82, 2.24) is 5.32 Å². The Bertz CT molecular complexity index is 1810. The van der Waals surface area contributed by atoms with E-state index in [2.05, 4.69) is 5.32 Å². The van der Waals surface area contributed by atoms with Crippen molar-refractivity contribution >= 4 is 23.3 Å². The van der Waals surface area contributed by atoms with Gasteiger partial charge < -0.3 is 45.1 Å². The van der Waals surface area contributed by atoms with Gasteiger partial charge in [0.25, 0.3) is 0 Å². The molecule has 6 atom stereocenters. The number of hydrogen-bond donors (Lipinski definition) is 6. The van der Waals surface area contributed by atoms with Crippen LogP contribution in [-0.4, -0.2) is 92.6 Å². The van der Waals surface area contributed by atoms with Gasteiger partial charge in [0.1, 0.15) is 35.6 Å². The van der Waals surface area contributed by atoms with E-state index in [1.165, 1.54) is 25.3 Å². The van der Waals surface area contributed by atoms with Gasteiger partial charge in [0.05, 0.1) is 48.5 Å². The van der Waals surface area contributed by atoms with Crippen molar-refractivity contribution < 1.29 is 58.9 Å². The zero-order valence-electron chi connectivity index (χ0n) is 26.1. The molecule has 1 saturated heterocycles.